The summed E-state index contributed by atoms with van der Waals surface area (Å²) in [6.07, 6.45) is 2.93. The Morgan fingerprint density at radius 1 is 1.18 bits per heavy atom. The molecule has 1 atom stereocenters. The van der Waals surface area contributed by atoms with E-state index >= 15 is 0 Å². The van der Waals surface area contributed by atoms with E-state index in [2.05, 4.69) is 30.6 Å². The van der Waals surface area contributed by atoms with E-state index in [4.69, 9.17) is 5.73 Å². The van der Waals surface area contributed by atoms with Gasteiger partial charge in [0.1, 0.15) is 0 Å². The Balaban J connectivity index is 1.84. The summed E-state index contributed by atoms with van der Waals surface area (Å²) in [5.41, 5.74) is 6.20. The first-order chi connectivity index (χ1) is 8.06. The van der Waals surface area contributed by atoms with Crippen LogP contribution in [0.1, 0.15) is 33.6 Å². The van der Waals surface area contributed by atoms with Gasteiger partial charge in [0.15, 0.2) is 0 Å². The molecule has 1 unspecified atom stereocenters. The van der Waals surface area contributed by atoms with E-state index in [-0.39, 0.29) is 5.54 Å². The summed E-state index contributed by atoms with van der Waals surface area (Å²) in [4.78, 5) is 5.26. The van der Waals surface area contributed by atoms with Crippen LogP contribution in [0.2, 0.25) is 0 Å². The zero-order chi connectivity index (χ0) is 12.5. The fourth-order valence-electron chi connectivity index (χ4n) is 2.84. The van der Waals surface area contributed by atoms with Crippen molar-refractivity contribution in [2.45, 2.75) is 39.2 Å². The first-order valence-electron chi connectivity index (χ1n) is 7.23. The van der Waals surface area contributed by atoms with Crippen molar-refractivity contribution < 1.29 is 0 Å². The molecule has 2 fully saturated rings. The molecule has 2 N–H and O–H groups in total. The van der Waals surface area contributed by atoms with Gasteiger partial charge in [-0.05, 0) is 31.6 Å². The Morgan fingerprint density at radius 3 is 2.18 bits per heavy atom. The number of rotatable bonds is 5. The van der Waals surface area contributed by atoms with Crippen molar-refractivity contribution in [2.24, 2.45) is 17.6 Å². The summed E-state index contributed by atoms with van der Waals surface area (Å²) in [6.45, 7) is 13.9. The SMILES string of the molecule is CC(C)C(C)(CN)N1CCN(CC2CC2)CC1. The van der Waals surface area contributed by atoms with Crippen molar-refractivity contribution in [3.05, 3.63) is 0 Å². The van der Waals surface area contributed by atoms with Gasteiger partial charge < -0.3 is 10.6 Å². The number of hydrogen-bond donors (Lipinski definition) is 1. The number of nitrogens with two attached hydrogens (primary N) is 1. The van der Waals surface area contributed by atoms with E-state index in [1.807, 2.05) is 0 Å². The molecule has 2 rings (SSSR count). The monoisotopic (exact) mass is 239 g/mol. The van der Waals surface area contributed by atoms with Gasteiger partial charge in [-0.3, -0.25) is 4.90 Å². The van der Waals surface area contributed by atoms with Crippen LogP contribution in [0.15, 0.2) is 0 Å². The van der Waals surface area contributed by atoms with Crippen LogP contribution in [-0.4, -0.2) is 54.6 Å². The number of hydrogen-bond acceptors (Lipinski definition) is 3. The highest BCUT2D eigenvalue weighted by Crippen LogP contribution is 2.31. The van der Waals surface area contributed by atoms with E-state index in [0.29, 0.717) is 5.92 Å². The van der Waals surface area contributed by atoms with Crippen LogP contribution in [0.25, 0.3) is 0 Å². The predicted molar refractivity (Wildman–Crippen MR) is 73.0 cm³/mol. The van der Waals surface area contributed by atoms with Crippen LogP contribution >= 0.6 is 0 Å². The van der Waals surface area contributed by atoms with E-state index in [1.54, 1.807) is 0 Å². The molecule has 100 valence electrons. The molecule has 1 saturated heterocycles. The lowest BCUT2D eigenvalue weighted by atomic mass is 9.86. The molecule has 1 heterocycles. The summed E-state index contributed by atoms with van der Waals surface area (Å²) in [5, 5.41) is 0. The second-order valence-corrected chi connectivity index (χ2v) is 6.45. The smallest absolute Gasteiger partial charge is 0.0327 e. The van der Waals surface area contributed by atoms with Gasteiger partial charge in [0, 0.05) is 44.8 Å². The van der Waals surface area contributed by atoms with Crippen molar-refractivity contribution >= 4 is 0 Å². The predicted octanol–water partition coefficient (Wildman–Crippen LogP) is 1.39. The molecule has 3 heteroatoms. The molecule has 1 saturated carbocycles. The van der Waals surface area contributed by atoms with E-state index in [1.165, 1.54) is 45.6 Å². The molecular formula is C14H29N3. The zero-order valence-corrected chi connectivity index (χ0v) is 11.8. The topological polar surface area (TPSA) is 32.5 Å². The molecule has 0 aromatic heterocycles. The maximum Gasteiger partial charge on any atom is 0.0327 e. The minimum Gasteiger partial charge on any atom is -0.329 e. The van der Waals surface area contributed by atoms with Crippen LogP contribution in [0.4, 0.5) is 0 Å². The molecule has 0 aromatic rings. The lowest BCUT2D eigenvalue weighted by Gasteiger charge is -2.48. The summed E-state index contributed by atoms with van der Waals surface area (Å²) in [7, 11) is 0. The third kappa shape index (κ3) is 3.01. The van der Waals surface area contributed by atoms with Crippen LogP contribution < -0.4 is 5.73 Å². The molecule has 1 aliphatic heterocycles. The summed E-state index contributed by atoms with van der Waals surface area (Å²) in [5.74, 6) is 1.65. The van der Waals surface area contributed by atoms with E-state index in [0.717, 1.165) is 12.5 Å². The Bertz CT molecular complexity index is 242. The Labute approximate surface area is 106 Å². The molecule has 17 heavy (non-hydrogen) atoms. The van der Waals surface area contributed by atoms with Crippen LogP contribution in [-0.2, 0) is 0 Å². The number of nitrogens with zero attached hydrogens (tertiary/aromatic N) is 2. The molecule has 2 aliphatic rings. The Hall–Kier alpha value is -0.120. The van der Waals surface area contributed by atoms with Gasteiger partial charge >= 0.3 is 0 Å². The van der Waals surface area contributed by atoms with Crippen LogP contribution in [0.3, 0.4) is 0 Å². The highest BCUT2D eigenvalue weighted by atomic mass is 15.3. The average molecular weight is 239 g/mol. The van der Waals surface area contributed by atoms with Crippen molar-refractivity contribution in [3.63, 3.8) is 0 Å². The second-order valence-electron chi connectivity index (χ2n) is 6.45. The molecule has 0 radical (unpaired) electrons. The molecule has 0 amide bonds. The van der Waals surface area contributed by atoms with Gasteiger partial charge in [-0.25, -0.2) is 0 Å². The lowest BCUT2D eigenvalue weighted by Crippen LogP contribution is -2.61. The van der Waals surface area contributed by atoms with Gasteiger partial charge in [0.05, 0.1) is 0 Å². The first-order valence-corrected chi connectivity index (χ1v) is 7.23. The van der Waals surface area contributed by atoms with Gasteiger partial charge in [-0.1, -0.05) is 13.8 Å². The van der Waals surface area contributed by atoms with Crippen LogP contribution in [0.5, 0.6) is 0 Å². The minimum absolute atomic E-state index is 0.186. The van der Waals surface area contributed by atoms with Crippen molar-refractivity contribution in [2.75, 3.05) is 39.3 Å². The molecule has 0 spiro atoms. The summed E-state index contributed by atoms with van der Waals surface area (Å²) >= 11 is 0. The third-order valence-electron chi connectivity index (χ3n) is 4.97. The standard InChI is InChI=1S/C14H29N3/c1-12(2)14(3,11-15)17-8-6-16(7-9-17)10-13-4-5-13/h12-13H,4-11,15H2,1-3H3. The van der Waals surface area contributed by atoms with Crippen molar-refractivity contribution in [1.82, 2.24) is 9.80 Å². The fourth-order valence-corrected chi connectivity index (χ4v) is 2.84. The summed E-state index contributed by atoms with van der Waals surface area (Å²) in [6, 6.07) is 0. The number of piperazine rings is 1. The molecule has 3 nitrogen and oxygen atoms in total. The van der Waals surface area contributed by atoms with Crippen molar-refractivity contribution in [3.8, 4) is 0 Å². The Kier molecular flexibility index (Phi) is 4.11. The highest BCUT2D eigenvalue weighted by Gasteiger charge is 2.36. The Morgan fingerprint density at radius 2 is 1.76 bits per heavy atom. The maximum absolute atomic E-state index is 6.01. The molecule has 0 bridgehead atoms. The van der Waals surface area contributed by atoms with E-state index < -0.39 is 0 Å². The van der Waals surface area contributed by atoms with E-state index in [9.17, 15) is 0 Å². The fraction of sp³-hybridized carbons (Fsp3) is 1.00. The van der Waals surface area contributed by atoms with Gasteiger partial charge in [-0.2, -0.15) is 0 Å². The first kappa shape index (κ1) is 13.3. The van der Waals surface area contributed by atoms with Crippen LogP contribution in [0, 0.1) is 11.8 Å². The van der Waals surface area contributed by atoms with Gasteiger partial charge in [0.2, 0.25) is 0 Å². The lowest BCUT2D eigenvalue weighted by molar-refractivity contribution is 0.0181. The second kappa shape index (κ2) is 5.25. The molecule has 1 aliphatic carbocycles. The zero-order valence-electron chi connectivity index (χ0n) is 11.8. The molecular weight excluding hydrogens is 210 g/mol. The van der Waals surface area contributed by atoms with Gasteiger partial charge in [0.25, 0.3) is 0 Å². The van der Waals surface area contributed by atoms with Crippen molar-refractivity contribution in [1.29, 1.82) is 0 Å². The minimum atomic E-state index is 0.186. The highest BCUT2D eigenvalue weighted by molar-refractivity contribution is 4.93. The molecule has 0 aromatic carbocycles. The quantitative estimate of drug-likeness (QED) is 0.787. The third-order valence-corrected chi connectivity index (χ3v) is 4.97. The average Bonchev–Trinajstić information content (AvgIpc) is 3.12. The largest absolute Gasteiger partial charge is 0.329 e. The summed E-state index contributed by atoms with van der Waals surface area (Å²) < 4.78 is 0. The normalized spacial score (nSPS) is 27.4. The maximum atomic E-state index is 6.01. The van der Waals surface area contributed by atoms with Gasteiger partial charge in [-0.15, -0.1) is 0 Å².